The Morgan fingerprint density at radius 3 is 2.63 bits per heavy atom. The van der Waals surface area contributed by atoms with E-state index in [9.17, 15) is 14.9 Å². The molecule has 0 heterocycles. The molecule has 0 spiro atoms. The van der Waals surface area contributed by atoms with E-state index < -0.39 is 10.9 Å². The molecular weight excluding hydrogens is 252 g/mol. The minimum atomic E-state index is -1.17. The number of carboxylic acid groups (broad SMARTS) is 1. The van der Waals surface area contributed by atoms with Gasteiger partial charge in [0.25, 0.3) is 5.69 Å². The lowest BCUT2D eigenvalue weighted by Gasteiger charge is -2.19. The van der Waals surface area contributed by atoms with Gasteiger partial charge in [0.2, 0.25) is 0 Å². The largest absolute Gasteiger partial charge is 0.478 e. The molecule has 0 fully saturated rings. The van der Waals surface area contributed by atoms with Crippen LogP contribution in [-0.2, 0) is 4.74 Å². The molecule has 1 aromatic carbocycles. The van der Waals surface area contributed by atoms with Gasteiger partial charge in [0.1, 0.15) is 5.69 Å². The third-order valence-electron chi connectivity index (χ3n) is 2.79. The average molecular weight is 268 g/mol. The average Bonchev–Trinajstić information content (AvgIpc) is 2.34. The predicted octanol–water partition coefficient (Wildman–Crippen LogP) is 1.68. The fraction of sp³-hybridized carbons (Fsp3) is 0.417. The molecule has 0 aromatic heterocycles. The summed E-state index contributed by atoms with van der Waals surface area (Å²) in [4.78, 5) is 23.1. The van der Waals surface area contributed by atoms with Crippen LogP contribution in [0.15, 0.2) is 12.1 Å². The Kier molecular flexibility index (Phi) is 4.82. The fourth-order valence-electron chi connectivity index (χ4n) is 1.71. The molecule has 0 amide bonds. The van der Waals surface area contributed by atoms with Crippen molar-refractivity contribution in [1.82, 2.24) is 0 Å². The summed E-state index contributed by atoms with van der Waals surface area (Å²) in [5, 5.41) is 20.0. The molecule has 0 aliphatic carbocycles. The summed E-state index contributed by atoms with van der Waals surface area (Å²) in [5.41, 5.74) is 0.583. The molecule has 0 radical (unpaired) electrons. The van der Waals surface area contributed by atoms with Crippen LogP contribution in [0.2, 0.25) is 0 Å². The Morgan fingerprint density at radius 2 is 2.16 bits per heavy atom. The van der Waals surface area contributed by atoms with Gasteiger partial charge in [-0.3, -0.25) is 10.1 Å². The molecule has 0 saturated carbocycles. The molecule has 0 saturated heterocycles. The molecule has 1 N–H and O–H groups in total. The molecule has 0 aliphatic rings. The van der Waals surface area contributed by atoms with E-state index in [1.54, 1.807) is 26.0 Å². The number of anilines is 1. The first-order valence-corrected chi connectivity index (χ1v) is 5.61. The minimum absolute atomic E-state index is 0.0596. The highest BCUT2D eigenvalue weighted by Crippen LogP contribution is 2.30. The van der Waals surface area contributed by atoms with Gasteiger partial charge < -0.3 is 14.7 Å². The normalized spacial score (nSPS) is 10.3. The third-order valence-corrected chi connectivity index (χ3v) is 2.79. The van der Waals surface area contributed by atoms with Crippen LogP contribution in [0.4, 0.5) is 11.4 Å². The van der Waals surface area contributed by atoms with E-state index in [1.165, 1.54) is 6.07 Å². The van der Waals surface area contributed by atoms with Crippen molar-refractivity contribution in [2.45, 2.75) is 6.92 Å². The molecule has 0 unspecified atom stereocenters. The number of hydrogen-bond acceptors (Lipinski definition) is 5. The first kappa shape index (κ1) is 14.9. The first-order chi connectivity index (χ1) is 8.88. The Bertz CT molecular complexity index is 501. The number of carbonyl (C=O) groups is 1. The van der Waals surface area contributed by atoms with Gasteiger partial charge in [-0.25, -0.2) is 4.79 Å². The highest BCUT2D eigenvalue weighted by Gasteiger charge is 2.22. The number of carboxylic acids is 1. The zero-order chi connectivity index (χ0) is 14.6. The number of hydrogen-bond donors (Lipinski definition) is 1. The van der Waals surface area contributed by atoms with E-state index in [0.717, 1.165) is 6.07 Å². The lowest BCUT2D eigenvalue weighted by atomic mass is 10.1. The van der Waals surface area contributed by atoms with Crippen molar-refractivity contribution in [3.63, 3.8) is 0 Å². The van der Waals surface area contributed by atoms with Gasteiger partial charge in [0, 0.05) is 26.8 Å². The molecule has 104 valence electrons. The van der Waals surface area contributed by atoms with Crippen LogP contribution < -0.4 is 4.90 Å². The lowest BCUT2D eigenvalue weighted by molar-refractivity contribution is -0.384. The number of likely N-dealkylation sites (N-methyl/N-ethyl adjacent to an activating group) is 1. The Hall–Kier alpha value is -2.15. The van der Waals surface area contributed by atoms with Gasteiger partial charge in [-0.2, -0.15) is 0 Å². The topological polar surface area (TPSA) is 92.9 Å². The van der Waals surface area contributed by atoms with Crippen LogP contribution in [0.25, 0.3) is 0 Å². The maximum absolute atomic E-state index is 11.0. The lowest BCUT2D eigenvalue weighted by Crippen LogP contribution is -2.23. The number of nitrogens with zero attached hydrogens (tertiary/aromatic N) is 2. The fourth-order valence-corrected chi connectivity index (χ4v) is 1.71. The summed E-state index contributed by atoms with van der Waals surface area (Å²) in [5.74, 6) is -1.17. The molecule has 7 nitrogen and oxygen atoms in total. The van der Waals surface area contributed by atoms with Crippen LogP contribution in [0.1, 0.15) is 15.9 Å². The van der Waals surface area contributed by atoms with Gasteiger partial charge in [-0.15, -0.1) is 0 Å². The molecule has 0 bridgehead atoms. The zero-order valence-electron chi connectivity index (χ0n) is 11.0. The number of nitro groups is 1. The number of rotatable bonds is 6. The molecule has 7 heteroatoms. The van der Waals surface area contributed by atoms with Crippen LogP contribution >= 0.6 is 0 Å². The van der Waals surface area contributed by atoms with E-state index >= 15 is 0 Å². The zero-order valence-corrected chi connectivity index (χ0v) is 11.0. The van der Waals surface area contributed by atoms with Crippen LogP contribution in [0, 0.1) is 17.0 Å². The number of nitro benzene ring substituents is 1. The molecule has 0 atom stereocenters. The number of methoxy groups -OCH3 is 1. The molecule has 19 heavy (non-hydrogen) atoms. The van der Waals surface area contributed by atoms with Gasteiger partial charge in [-0.05, 0) is 18.6 Å². The van der Waals surface area contributed by atoms with Gasteiger partial charge >= 0.3 is 5.97 Å². The summed E-state index contributed by atoms with van der Waals surface area (Å²) < 4.78 is 4.92. The number of aromatic carboxylic acids is 1. The van der Waals surface area contributed by atoms with Crippen molar-refractivity contribution in [3.8, 4) is 0 Å². The number of ether oxygens (including phenoxy) is 1. The summed E-state index contributed by atoms with van der Waals surface area (Å²) in [6.45, 7) is 2.51. The van der Waals surface area contributed by atoms with E-state index in [1.807, 2.05) is 0 Å². The second-order valence-corrected chi connectivity index (χ2v) is 4.13. The summed E-state index contributed by atoms with van der Waals surface area (Å²) in [7, 11) is 3.24. The van der Waals surface area contributed by atoms with Gasteiger partial charge in [0.05, 0.1) is 17.1 Å². The van der Waals surface area contributed by atoms with Crippen molar-refractivity contribution in [1.29, 1.82) is 0 Å². The smallest absolute Gasteiger partial charge is 0.336 e. The van der Waals surface area contributed by atoms with Crippen molar-refractivity contribution >= 4 is 17.3 Å². The van der Waals surface area contributed by atoms with Gasteiger partial charge in [0.15, 0.2) is 0 Å². The van der Waals surface area contributed by atoms with Crippen LogP contribution in [-0.4, -0.2) is 43.3 Å². The maximum Gasteiger partial charge on any atom is 0.336 e. The van der Waals surface area contributed by atoms with Crippen LogP contribution in [0.5, 0.6) is 0 Å². The molecular formula is C12H16N2O5. The van der Waals surface area contributed by atoms with Crippen molar-refractivity contribution in [3.05, 3.63) is 33.4 Å². The van der Waals surface area contributed by atoms with Crippen LogP contribution in [0.3, 0.4) is 0 Å². The van der Waals surface area contributed by atoms with Crippen molar-refractivity contribution in [2.75, 3.05) is 32.2 Å². The van der Waals surface area contributed by atoms with E-state index in [2.05, 4.69) is 0 Å². The second-order valence-electron chi connectivity index (χ2n) is 4.13. The number of benzene rings is 1. The predicted molar refractivity (Wildman–Crippen MR) is 69.9 cm³/mol. The number of aryl methyl sites for hydroxylation is 1. The monoisotopic (exact) mass is 268 g/mol. The highest BCUT2D eigenvalue weighted by atomic mass is 16.6. The summed E-state index contributed by atoms with van der Waals surface area (Å²) >= 11 is 0. The Morgan fingerprint density at radius 1 is 1.53 bits per heavy atom. The first-order valence-electron chi connectivity index (χ1n) is 5.61. The Balaban J connectivity index is 3.26. The summed E-state index contributed by atoms with van der Waals surface area (Å²) in [6, 6.07) is 2.60. The van der Waals surface area contributed by atoms with Crippen molar-refractivity contribution < 1.29 is 19.6 Å². The SMILES string of the molecule is COCCN(C)c1cc(C)c(C(=O)O)cc1[N+](=O)[O-]. The molecule has 1 rings (SSSR count). The van der Waals surface area contributed by atoms with E-state index in [4.69, 9.17) is 9.84 Å². The summed E-state index contributed by atoms with van der Waals surface area (Å²) in [6.07, 6.45) is 0. The third kappa shape index (κ3) is 3.41. The minimum Gasteiger partial charge on any atom is -0.478 e. The van der Waals surface area contributed by atoms with E-state index in [0.29, 0.717) is 24.4 Å². The Labute approximate surface area is 110 Å². The standard InChI is InChI=1S/C12H16N2O5/c1-8-6-10(13(2)4-5-19-3)11(14(17)18)7-9(8)12(15)16/h6-7H,4-5H2,1-3H3,(H,15,16). The second kappa shape index (κ2) is 6.14. The molecule has 1 aromatic rings. The maximum atomic E-state index is 11.0. The highest BCUT2D eigenvalue weighted by molar-refractivity contribution is 5.91. The molecule has 0 aliphatic heterocycles. The van der Waals surface area contributed by atoms with Crippen molar-refractivity contribution in [2.24, 2.45) is 0 Å². The van der Waals surface area contributed by atoms with E-state index in [-0.39, 0.29) is 11.3 Å². The van der Waals surface area contributed by atoms with Gasteiger partial charge in [-0.1, -0.05) is 0 Å². The quantitative estimate of drug-likeness (QED) is 0.623.